The standard InChI is InChI=1S/C13H14BrFO3S/c1-6(2)7(3)13(18)19-11-4-8(12(16)17)10(15)5-9(11)14/h4-7H,1-3H3,(H,16,17). The molecule has 1 N–H and O–H groups in total. The Morgan fingerprint density at radius 3 is 2.37 bits per heavy atom. The first kappa shape index (κ1) is 16.2. The molecule has 1 aromatic carbocycles. The van der Waals surface area contributed by atoms with Gasteiger partial charge in [-0.1, -0.05) is 32.5 Å². The maximum atomic E-state index is 13.4. The van der Waals surface area contributed by atoms with Crippen LogP contribution in [0.5, 0.6) is 0 Å². The van der Waals surface area contributed by atoms with Gasteiger partial charge in [-0.05, 0) is 34.0 Å². The molecule has 0 radical (unpaired) electrons. The lowest BCUT2D eigenvalue weighted by atomic mass is 10.0. The number of carboxylic acids is 1. The summed E-state index contributed by atoms with van der Waals surface area (Å²) < 4.78 is 13.8. The summed E-state index contributed by atoms with van der Waals surface area (Å²) in [5.74, 6) is -2.14. The van der Waals surface area contributed by atoms with Crippen molar-refractivity contribution in [2.24, 2.45) is 11.8 Å². The second-order valence-electron chi connectivity index (χ2n) is 4.52. The molecule has 1 aromatic rings. The molecule has 1 atom stereocenters. The minimum absolute atomic E-state index is 0.0707. The number of benzene rings is 1. The Kier molecular flexibility index (Phi) is 5.55. The second kappa shape index (κ2) is 6.52. The maximum absolute atomic E-state index is 13.4. The lowest BCUT2D eigenvalue weighted by Crippen LogP contribution is -2.13. The number of thioether (sulfide) groups is 1. The van der Waals surface area contributed by atoms with Crippen molar-refractivity contribution < 1.29 is 19.1 Å². The Labute approximate surface area is 123 Å². The molecule has 0 aliphatic carbocycles. The van der Waals surface area contributed by atoms with Gasteiger partial charge >= 0.3 is 5.97 Å². The van der Waals surface area contributed by atoms with E-state index < -0.39 is 17.3 Å². The Bertz CT molecular complexity index is 517. The van der Waals surface area contributed by atoms with E-state index in [9.17, 15) is 14.0 Å². The van der Waals surface area contributed by atoms with Crippen molar-refractivity contribution in [2.75, 3.05) is 0 Å². The molecule has 1 rings (SSSR count). The number of halogens is 2. The zero-order valence-corrected chi connectivity index (χ0v) is 13.1. The Morgan fingerprint density at radius 1 is 1.32 bits per heavy atom. The fourth-order valence-electron chi connectivity index (χ4n) is 1.24. The number of carbonyl (C=O) groups is 2. The van der Waals surface area contributed by atoms with Gasteiger partial charge in [0.2, 0.25) is 0 Å². The van der Waals surface area contributed by atoms with Gasteiger partial charge in [0.25, 0.3) is 0 Å². The van der Waals surface area contributed by atoms with Gasteiger partial charge in [0.15, 0.2) is 5.12 Å². The largest absolute Gasteiger partial charge is 0.478 e. The number of carboxylic acid groups (broad SMARTS) is 1. The highest BCUT2D eigenvalue weighted by molar-refractivity contribution is 9.10. The van der Waals surface area contributed by atoms with E-state index in [4.69, 9.17) is 5.11 Å². The molecular weight excluding hydrogens is 335 g/mol. The molecule has 6 heteroatoms. The second-order valence-corrected chi connectivity index (χ2v) is 6.42. The number of rotatable bonds is 4. The van der Waals surface area contributed by atoms with Gasteiger partial charge < -0.3 is 5.11 Å². The summed E-state index contributed by atoms with van der Waals surface area (Å²) in [5.41, 5.74) is -0.435. The Balaban J connectivity index is 3.05. The van der Waals surface area contributed by atoms with Gasteiger partial charge in [-0.15, -0.1) is 0 Å². The van der Waals surface area contributed by atoms with Crippen LogP contribution in [0.2, 0.25) is 0 Å². The monoisotopic (exact) mass is 348 g/mol. The average molecular weight is 349 g/mol. The molecule has 0 aromatic heterocycles. The maximum Gasteiger partial charge on any atom is 0.338 e. The molecule has 0 saturated carbocycles. The smallest absolute Gasteiger partial charge is 0.338 e. The van der Waals surface area contributed by atoms with Crippen LogP contribution in [0.3, 0.4) is 0 Å². The topological polar surface area (TPSA) is 54.4 Å². The van der Waals surface area contributed by atoms with E-state index in [0.717, 1.165) is 17.8 Å². The third kappa shape index (κ3) is 4.04. The summed E-state index contributed by atoms with van der Waals surface area (Å²) in [7, 11) is 0. The van der Waals surface area contributed by atoms with E-state index in [1.807, 2.05) is 20.8 Å². The third-order valence-corrected chi connectivity index (χ3v) is 4.88. The lowest BCUT2D eigenvalue weighted by molar-refractivity contribution is -0.115. The molecule has 0 amide bonds. The molecule has 0 saturated heterocycles. The predicted octanol–water partition coefficient (Wildman–Crippen LogP) is 4.20. The molecule has 1 unspecified atom stereocenters. The fraction of sp³-hybridized carbons (Fsp3) is 0.385. The molecule has 3 nitrogen and oxygen atoms in total. The number of carbonyl (C=O) groups excluding carboxylic acids is 1. The first-order chi connectivity index (χ1) is 8.73. The molecule has 19 heavy (non-hydrogen) atoms. The molecule has 0 heterocycles. The van der Waals surface area contributed by atoms with E-state index in [1.54, 1.807) is 0 Å². The molecule has 0 aliphatic rings. The first-order valence-corrected chi connectivity index (χ1v) is 7.29. The zero-order chi connectivity index (χ0) is 14.7. The fourth-order valence-corrected chi connectivity index (χ4v) is 2.81. The van der Waals surface area contributed by atoms with Gasteiger partial charge in [-0.2, -0.15) is 0 Å². The van der Waals surface area contributed by atoms with Gasteiger partial charge in [0.05, 0.1) is 5.56 Å². The Hall–Kier alpha value is -0.880. The van der Waals surface area contributed by atoms with E-state index in [0.29, 0.717) is 9.37 Å². The highest BCUT2D eigenvalue weighted by Crippen LogP contribution is 2.33. The van der Waals surface area contributed by atoms with Gasteiger partial charge in [-0.3, -0.25) is 4.79 Å². The van der Waals surface area contributed by atoms with Crippen molar-refractivity contribution in [2.45, 2.75) is 25.7 Å². The van der Waals surface area contributed by atoms with E-state index >= 15 is 0 Å². The van der Waals surface area contributed by atoms with Crippen molar-refractivity contribution in [1.82, 2.24) is 0 Å². The van der Waals surface area contributed by atoms with Crippen LogP contribution in [0.4, 0.5) is 4.39 Å². The summed E-state index contributed by atoms with van der Waals surface area (Å²) in [6.45, 7) is 5.69. The van der Waals surface area contributed by atoms with Crippen molar-refractivity contribution in [3.05, 3.63) is 28.0 Å². The molecule has 0 bridgehead atoms. The quantitative estimate of drug-likeness (QED) is 0.828. The highest BCUT2D eigenvalue weighted by Gasteiger charge is 2.21. The summed E-state index contributed by atoms with van der Waals surface area (Å²) >= 11 is 4.07. The van der Waals surface area contributed by atoms with Crippen LogP contribution in [-0.4, -0.2) is 16.2 Å². The van der Waals surface area contributed by atoms with Crippen LogP contribution in [0.1, 0.15) is 31.1 Å². The number of hydrogen-bond acceptors (Lipinski definition) is 3. The van der Waals surface area contributed by atoms with Gasteiger partial charge in [0, 0.05) is 15.3 Å². The van der Waals surface area contributed by atoms with Crippen molar-refractivity contribution in [3.8, 4) is 0 Å². The van der Waals surface area contributed by atoms with Gasteiger partial charge in [0.1, 0.15) is 5.82 Å². The summed E-state index contributed by atoms with van der Waals surface area (Å²) in [6, 6.07) is 2.25. The normalized spacial score (nSPS) is 12.5. The van der Waals surface area contributed by atoms with E-state index in [-0.39, 0.29) is 17.0 Å². The average Bonchev–Trinajstić information content (AvgIpc) is 2.30. The third-order valence-electron chi connectivity index (χ3n) is 2.83. The van der Waals surface area contributed by atoms with Crippen molar-refractivity contribution >= 4 is 38.8 Å². The molecule has 0 aliphatic heterocycles. The molecule has 0 spiro atoms. The first-order valence-electron chi connectivity index (χ1n) is 5.68. The van der Waals surface area contributed by atoms with Crippen LogP contribution in [-0.2, 0) is 4.79 Å². The Morgan fingerprint density at radius 2 is 1.89 bits per heavy atom. The lowest BCUT2D eigenvalue weighted by Gasteiger charge is -2.14. The highest BCUT2D eigenvalue weighted by atomic mass is 79.9. The SMILES string of the molecule is CC(C)C(C)C(=O)Sc1cc(C(=O)O)c(F)cc1Br. The van der Waals surface area contributed by atoms with Crippen molar-refractivity contribution in [1.29, 1.82) is 0 Å². The van der Waals surface area contributed by atoms with Gasteiger partial charge in [-0.25, -0.2) is 9.18 Å². The van der Waals surface area contributed by atoms with Crippen LogP contribution in [0.25, 0.3) is 0 Å². The van der Waals surface area contributed by atoms with Crippen LogP contribution in [0, 0.1) is 17.7 Å². The van der Waals surface area contributed by atoms with E-state index in [1.165, 1.54) is 6.07 Å². The molecular formula is C13H14BrFO3S. The number of aromatic carboxylic acids is 1. The summed E-state index contributed by atoms with van der Waals surface area (Å²) in [6.07, 6.45) is 0. The van der Waals surface area contributed by atoms with Crippen LogP contribution < -0.4 is 0 Å². The summed E-state index contributed by atoms with van der Waals surface area (Å²) in [5, 5.41) is 8.79. The van der Waals surface area contributed by atoms with E-state index in [2.05, 4.69) is 15.9 Å². The molecule has 0 fully saturated rings. The summed E-state index contributed by atoms with van der Waals surface area (Å²) in [4.78, 5) is 23.3. The van der Waals surface area contributed by atoms with Crippen LogP contribution in [0.15, 0.2) is 21.5 Å². The number of hydrogen-bond donors (Lipinski definition) is 1. The molecule has 104 valence electrons. The predicted molar refractivity (Wildman–Crippen MR) is 75.9 cm³/mol. The van der Waals surface area contributed by atoms with Crippen molar-refractivity contribution in [3.63, 3.8) is 0 Å². The zero-order valence-electron chi connectivity index (χ0n) is 10.7. The minimum Gasteiger partial charge on any atom is -0.478 e. The minimum atomic E-state index is -1.35. The van der Waals surface area contributed by atoms with Crippen LogP contribution >= 0.6 is 27.7 Å².